The Labute approximate surface area is 250 Å². The Balaban J connectivity index is 2.42. The summed E-state index contributed by atoms with van der Waals surface area (Å²) in [5, 5.41) is 0. The first-order chi connectivity index (χ1) is 19.2. The van der Waals surface area contributed by atoms with Crippen LogP contribution in [0.15, 0.2) is 6.07 Å². The summed E-state index contributed by atoms with van der Waals surface area (Å²) in [7, 11) is 0. The van der Waals surface area contributed by atoms with Gasteiger partial charge in [-0.05, 0) is 104 Å². The molecule has 1 aliphatic carbocycles. The first-order valence-corrected chi connectivity index (χ1v) is 16.4. The van der Waals surface area contributed by atoms with E-state index < -0.39 is 0 Å². The Morgan fingerprint density at radius 1 is 0.927 bits per heavy atom. The standard InChI is InChI=1S/C37H58O4/c1-11-30(23(5)6)33(31(12-2)35(40)17-25(9)38)18-27-19-34-32(24(7)8)21-28(26(10)37(34)36(41)20-27)14-16-29(39)15-13-22(3)4/h21-24,27,30-31,33H,11-20H2,1-10H3. The van der Waals surface area contributed by atoms with Crippen LogP contribution in [0.25, 0.3) is 0 Å². The second-order valence-corrected chi connectivity index (χ2v) is 14.0. The molecule has 1 aromatic rings. The highest BCUT2D eigenvalue weighted by atomic mass is 16.1. The van der Waals surface area contributed by atoms with Crippen LogP contribution in [0.4, 0.5) is 0 Å². The number of carbonyl (C=O) groups is 4. The normalized spacial score (nSPS) is 17.6. The van der Waals surface area contributed by atoms with Gasteiger partial charge < -0.3 is 0 Å². The molecule has 1 aromatic carbocycles. The van der Waals surface area contributed by atoms with E-state index in [4.69, 9.17) is 0 Å². The average molecular weight is 567 g/mol. The monoisotopic (exact) mass is 566 g/mol. The van der Waals surface area contributed by atoms with Crippen LogP contribution in [-0.2, 0) is 27.2 Å². The summed E-state index contributed by atoms with van der Waals surface area (Å²) in [6.07, 6.45) is 6.70. The van der Waals surface area contributed by atoms with Gasteiger partial charge in [-0.15, -0.1) is 0 Å². The molecule has 0 N–H and O–H groups in total. The molecule has 0 bridgehead atoms. The summed E-state index contributed by atoms with van der Waals surface area (Å²) >= 11 is 0. The fourth-order valence-corrected chi connectivity index (χ4v) is 7.46. The van der Waals surface area contributed by atoms with E-state index in [1.165, 1.54) is 18.1 Å². The Morgan fingerprint density at radius 3 is 2.10 bits per heavy atom. The topological polar surface area (TPSA) is 68.3 Å². The Hall–Kier alpha value is -2.10. The van der Waals surface area contributed by atoms with Gasteiger partial charge in [-0.2, -0.15) is 0 Å². The molecular weight excluding hydrogens is 508 g/mol. The minimum atomic E-state index is -0.148. The van der Waals surface area contributed by atoms with Crippen molar-refractivity contribution in [2.24, 2.45) is 35.5 Å². The van der Waals surface area contributed by atoms with E-state index in [1.54, 1.807) is 0 Å². The van der Waals surface area contributed by atoms with Crippen molar-refractivity contribution in [3.05, 3.63) is 33.9 Å². The lowest BCUT2D eigenvalue weighted by atomic mass is 9.65. The summed E-state index contributed by atoms with van der Waals surface area (Å²) in [4.78, 5) is 51.5. The van der Waals surface area contributed by atoms with Crippen molar-refractivity contribution in [1.29, 1.82) is 0 Å². The molecular formula is C37H58O4. The number of ketones is 4. The predicted molar refractivity (Wildman–Crippen MR) is 170 cm³/mol. The molecule has 4 unspecified atom stereocenters. The molecule has 0 heterocycles. The summed E-state index contributed by atoms with van der Waals surface area (Å²) < 4.78 is 0. The minimum absolute atomic E-state index is 0.00933. The zero-order chi connectivity index (χ0) is 31.0. The van der Waals surface area contributed by atoms with Gasteiger partial charge >= 0.3 is 0 Å². The summed E-state index contributed by atoms with van der Waals surface area (Å²) in [6.45, 7) is 21.0. The average Bonchev–Trinajstić information content (AvgIpc) is 2.86. The molecule has 0 aromatic heterocycles. The third-order valence-corrected chi connectivity index (χ3v) is 9.65. The Morgan fingerprint density at radius 2 is 1.59 bits per heavy atom. The van der Waals surface area contributed by atoms with Crippen molar-refractivity contribution in [2.75, 3.05) is 0 Å². The van der Waals surface area contributed by atoms with Crippen molar-refractivity contribution in [1.82, 2.24) is 0 Å². The van der Waals surface area contributed by atoms with Gasteiger partial charge in [0.05, 0.1) is 6.42 Å². The molecule has 2 rings (SSSR count). The molecule has 4 atom stereocenters. The largest absolute Gasteiger partial charge is 0.300 e. The molecule has 4 nitrogen and oxygen atoms in total. The van der Waals surface area contributed by atoms with Gasteiger partial charge in [0.2, 0.25) is 0 Å². The SMILES string of the molecule is CCC(C(=O)CC(C)=O)C(CC1CC(=O)c2c(C)c(CCC(=O)CCC(C)C)cc(C(C)C)c2C1)C(CC)C(C)C. The van der Waals surface area contributed by atoms with Gasteiger partial charge in [0.25, 0.3) is 0 Å². The van der Waals surface area contributed by atoms with Gasteiger partial charge in [0, 0.05) is 30.7 Å². The van der Waals surface area contributed by atoms with Crippen LogP contribution in [0, 0.1) is 42.4 Å². The van der Waals surface area contributed by atoms with Crippen LogP contribution in [0.1, 0.15) is 152 Å². The number of carbonyl (C=O) groups excluding carboxylic acids is 4. The molecule has 0 radical (unpaired) electrons. The van der Waals surface area contributed by atoms with E-state index in [0.29, 0.717) is 49.2 Å². The van der Waals surface area contributed by atoms with Crippen LogP contribution in [0.3, 0.4) is 0 Å². The van der Waals surface area contributed by atoms with Crippen molar-refractivity contribution < 1.29 is 19.2 Å². The third-order valence-electron chi connectivity index (χ3n) is 9.65. The molecule has 0 aliphatic heterocycles. The van der Waals surface area contributed by atoms with E-state index in [1.807, 2.05) is 0 Å². The van der Waals surface area contributed by atoms with Crippen molar-refractivity contribution in [3.8, 4) is 0 Å². The lowest BCUT2D eigenvalue weighted by molar-refractivity contribution is -0.130. The highest BCUT2D eigenvalue weighted by molar-refractivity contribution is 6.01. The van der Waals surface area contributed by atoms with E-state index in [2.05, 4.69) is 68.4 Å². The summed E-state index contributed by atoms with van der Waals surface area (Å²) in [6, 6.07) is 2.27. The van der Waals surface area contributed by atoms with Gasteiger partial charge in [0.1, 0.15) is 17.3 Å². The number of hydrogen-bond acceptors (Lipinski definition) is 4. The fraction of sp³-hybridized carbons (Fsp3) is 0.730. The van der Waals surface area contributed by atoms with Gasteiger partial charge in [-0.1, -0.05) is 67.9 Å². The van der Waals surface area contributed by atoms with Crippen LogP contribution in [-0.4, -0.2) is 23.1 Å². The molecule has 230 valence electrons. The third kappa shape index (κ3) is 9.45. The zero-order valence-electron chi connectivity index (χ0n) is 27.8. The maximum Gasteiger partial charge on any atom is 0.163 e. The number of fused-ring (bicyclic) bond motifs is 1. The number of benzene rings is 1. The number of aryl methyl sites for hydroxylation is 1. The smallest absolute Gasteiger partial charge is 0.163 e. The lowest BCUT2D eigenvalue weighted by Crippen LogP contribution is -2.35. The highest BCUT2D eigenvalue weighted by Gasteiger charge is 2.38. The maximum atomic E-state index is 13.9. The van der Waals surface area contributed by atoms with Crippen LogP contribution in [0.5, 0.6) is 0 Å². The number of Topliss-reactive ketones (excluding diaryl/α,β-unsaturated/α-hetero) is 4. The highest BCUT2D eigenvalue weighted by Crippen LogP contribution is 2.43. The second kappa shape index (κ2) is 15.9. The summed E-state index contributed by atoms with van der Waals surface area (Å²) in [5.41, 5.74) is 5.51. The van der Waals surface area contributed by atoms with Gasteiger partial charge in [-0.25, -0.2) is 0 Å². The minimum Gasteiger partial charge on any atom is -0.300 e. The van der Waals surface area contributed by atoms with Crippen molar-refractivity contribution >= 4 is 23.1 Å². The molecule has 0 spiro atoms. The lowest BCUT2D eigenvalue weighted by Gasteiger charge is -2.38. The zero-order valence-corrected chi connectivity index (χ0v) is 27.8. The van der Waals surface area contributed by atoms with Crippen LogP contribution in [0.2, 0.25) is 0 Å². The molecule has 0 amide bonds. The fourth-order valence-electron chi connectivity index (χ4n) is 7.46. The number of rotatable bonds is 17. The van der Waals surface area contributed by atoms with Crippen LogP contribution < -0.4 is 0 Å². The Bertz CT molecular complexity index is 1080. The van der Waals surface area contributed by atoms with Crippen molar-refractivity contribution in [2.45, 2.75) is 139 Å². The first-order valence-electron chi connectivity index (χ1n) is 16.4. The van der Waals surface area contributed by atoms with Crippen LogP contribution >= 0.6 is 0 Å². The van der Waals surface area contributed by atoms with E-state index in [9.17, 15) is 19.2 Å². The van der Waals surface area contributed by atoms with Gasteiger partial charge in [-0.3, -0.25) is 19.2 Å². The maximum absolute atomic E-state index is 13.9. The molecule has 0 saturated heterocycles. The van der Waals surface area contributed by atoms with Crippen molar-refractivity contribution in [3.63, 3.8) is 0 Å². The van der Waals surface area contributed by atoms with E-state index >= 15 is 0 Å². The summed E-state index contributed by atoms with van der Waals surface area (Å²) in [5.74, 6) is 2.32. The van der Waals surface area contributed by atoms with E-state index in [-0.39, 0.29) is 47.4 Å². The molecule has 41 heavy (non-hydrogen) atoms. The first kappa shape index (κ1) is 35.1. The quantitative estimate of drug-likeness (QED) is 0.176. The molecule has 0 saturated carbocycles. The second-order valence-electron chi connectivity index (χ2n) is 14.0. The van der Waals surface area contributed by atoms with E-state index in [0.717, 1.165) is 48.8 Å². The molecule has 4 heteroatoms. The Kier molecular flexibility index (Phi) is 13.6. The molecule has 1 aliphatic rings. The predicted octanol–water partition coefficient (Wildman–Crippen LogP) is 9.06. The number of hydrogen-bond donors (Lipinski definition) is 0. The molecule has 0 fully saturated rings. The van der Waals surface area contributed by atoms with Gasteiger partial charge in [0.15, 0.2) is 5.78 Å².